The van der Waals surface area contributed by atoms with Gasteiger partial charge >= 0.3 is 5.97 Å². The molecule has 1 aromatic carbocycles. The molecule has 0 saturated heterocycles. The van der Waals surface area contributed by atoms with E-state index in [1.165, 1.54) is 12.1 Å². The monoisotopic (exact) mass is 188 g/mol. The lowest BCUT2D eigenvalue weighted by Crippen LogP contribution is -1.94. The van der Waals surface area contributed by atoms with Crippen LogP contribution in [-0.2, 0) is 0 Å². The van der Waals surface area contributed by atoms with Crippen LogP contribution in [0.25, 0.3) is 0 Å². The maximum atomic E-state index is 10.6. The molecular formula is C10H8N2O2. The van der Waals surface area contributed by atoms with Gasteiger partial charge in [-0.15, -0.1) is 0 Å². The second-order valence-electron chi connectivity index (χ2n) is 2.66. The average Bonchev–Trinajstić information content (AvgIpc) is 2.18. The lowest BCUT2D eigenvalue weighted by molar-refractivity contribution is 0.0697. The number of hydrogen-bond acceptors (Lipinski definition) is 3. The molecule has 0 radical (unpaired) electrons. The van der Waals surface area contributed by atoms with E-state index >= 15 is 0 Å². The third-order valence-electron chi connectivity index (χ3n) is 1.55. The highest BCUT2D eigenvalue weighted by Crippen LogP contribution is 2.14. The predicted octanol–water partition coefficient (Wildman–Crippen LogP) is 2.00. The van der Waals surface area contributed by atoms with Gasteiger partial charge in [0.1, 0.15) is 11.8 Å². The van der Waals surface area contributed by atoms with Crippen LogP contribution in [0.2, 0.25) is 0 Å². The van der Waals surface area contributed by atoms with Crippen LogP contribution in [0.5, 0.6) is 0 Å². The van der Waals surface area contributed by atoms with Gasteiger partial charge in [0.05, 0.1) is 11.3 Å². The molecule has 0 aliphatic rings. The normalized spacial score (nSPS) is 10.7. The van der Waals surface area contributed by atoms with Gasteiger partial charge < -0.3 is 5.11 Å². The van der Waals surface area contributed by atoms with Gasteiger partial charge in [0.15, 0.2) is 0 Å². The van der Waals surface area contributed by atoms with Crippen molar-refractivity contribution in [2.45, 2.75) is 6.92 Å². The van der Waals surface area contributed by atoms with E-state index in [1.807, 2.05) is 6.07 Å². The third-order valence-corrected chi connectivity index (χ3v) is 1.55. The molecule has 0 aromatic heterocycles. The molecule has 1 aromatic rings. The molecule has 0 aliphatic carbocycles. The van der Waals surface area contributed by atoms with Crippen LogP contribution in [-0.4, -0.2) is 16.8 Å². The Labute approximate surface area is 81.1 Å². The zero-order chi connectivity index (χ0) is 10.6. The first-order valence-corrected chi connectivity index (χ1v) is 3.92. The molecule has 0 saturated carbocycles. The number of aliphatic imine (C=N–C) groups is 1. The molecule has 0 atom stereocenters. The average molecular weight is 188 g/mol. The lowest BCUT2D eigenvalue weighted by Gasteiger charge is -1.96. The Balaban J connectivity index is 3.08. The summed E-state index contributed by atoms with van der Waals surface area (Å²) in [4.78, 5) is 14.5. The molecule has 0 heterocycles. The van der Waals surface area contributed by atoms with Crippen LogP contribution < -0.4 is 0 Å². The number of aromatic carboxylic acids is 1. The second-order valence-corrected chi connectivity index (χ2v) is 2.66. The lowest BCUT2D eigenvalue weighted by atomic mass is 10.2. The van der Waals surface area contributed by atoms with Crippen LogP contribution >= 0.6 is 0 Å². The summed E-state index contributed by atoms with van der Waals surface area (Å²) in [5.41, 5.74) is 0.938. The number of nitrogens with zero attached hydrogens (tertiary/aromatic N) is 2. The number of hydrogen-bond donors (Lipinski definition) is 1. The molecule has 14 heavy (non-hydrogen) atoms. The molecule has 1 rings (SSSR count). The minimum atomic E-state index is -1.00. The summed E-state index contributed by atoms with van der Waals surface area (Å²) in [6, 6.07) is 8.00. The van der Waals surface area contributed by atoms with Crippen molar-refractivity contribution >= 4 is 17.4 Å². The maximum absolute atomic E-state index is 10.6. The third kappa shape index (κ3) is 2.42. The van der Waals surface area contributed by atoms with E-state index in [-0.39, 0.29) is 5.56 Å². The van der Waals surface area contributed by atoms with Gasteiger partial charge in [-0.05, 0) is 25.1 Å². The van der Waals surface area contributed by atoms with E-state index in [4.69, 9.17) is 10.4 Å². The van der Waals surface area contributed by atoms with Crippen LogP contribution in [0.15, 0.2) is 29.3 Å². The molecule has 0 spiro atoms. The van der Waals surface area contributed by atoms with Crippen LogP contribution in [0.1, 0.15) is 17.3 Å². The number of carboxylic acids is 1. The van der Waals surface area contributed by atoms with Crippen LogP contribution in [0, 0.1) is 11.3 Å². The molecule has 4 heteroatoms. The fraction of sp³-hybridized carbons (Fsp3) is 0.100. The van der Waals surface area contributed by atoms with Crippen molar-refractivity contribution in [2.75, 3.05) is 0 Å². The Bertz CT molecular complexity index is 430. The molecule has 0 amide bonds. The van der Waals surface area contributed by atoms with E-state index in [0.29, 0.717) is 11.4 Å². The number of carbonyl (C=O) groups is 1. The first kappa shape index (κ1) is 9.93. The summed E-state index contributed by atoms with van der Waals surface area (Å²) in [6.45, 7) is 1.56. The van der Waals surface area contributed by atoms with E-state index in [2.05, 4.69) is 4.99 Å². The Morgan fingerprint density at radius 2 is 2.29 bits per heavy atom. The number of benzene rings is 1. The predicted molar refractivity (Wildman–Crippen MR) is 51.8 cm³/mol. The molecule has 0 unspecified atom stereocenters. The maximum Gasteiger partial charge on any atom is 0.335 e. The fourth-order valence-corrected chi connectivity index (χ4v) is 0.927. The van der Waals surface area contributed by atoms with Gasteiger partial charge in [-0.2, -0.15) is 5.26 Å². The SMILES string of the molecule is CC(C#N)=Nc1cccc(C(=O)O)c1. The minimum Gasteiger partial charge on any atom is -0.478 e. The molecule has 0 fully saturated rings. The highest BCUT2D eigenvalue weighted by atomic mass is 16.4. The van der Waals surface area contributed by atoms with Crippen molar-refractivity contribution < 1.29 is 9.90 Å². The zero-order valence-electron chi connectivity index (χ0n) is 7.56. The second kappa shape index (κ2) is 4.19. The summed E-state index contributed by atoms with van der Waals surface area (Å²) in [5.74, 6) is -1.00. The van der Waals surface area contributed by atoms with Crippen molar-refractivity contribution in [3.63, 3.8) is 0 Å². The van der Waals surface area contributed by atoms with E-state index in [1.54, 1.807) is 19.1 Å². The highest BCUT2D eigenvalue weighted by Gasteiger charge is 2.02. The van der Waals surface area contributed by atoms with Gasteiger partial charge in [-0.1, -0.05) is 6.07 Å². The fourth-order valence-electron chi connectivity index (χ4n) is 0.927. The minimum absolute atomic E-state index is 0.164. The Hall–Kier alpha value is -2.15. The Morgan fingerprint density at radius 1 is 1.57 bits per heavy atom. The summed E-state index contributed by atoms with van der Waals surface area (Å²) >= 11 is 0. The standard InChI is InChI=1S/C10H8N2O2/c1-7(6-11)12-9-4-2-3-8(5-9)10(13)14/h2-5H,1H3,(H,13,14). The van der Waals surface area contributed by atoms with Gasteiger partial charge in [-0.25, -0.2) is 9.79 Å². The number of rotatable bonds is 2. The van der Waals surface area contributed by atoms with Crippen LogP contribution in [0.3, 0.4) is 0 Å². The number of nitriles is 1. The summed E-state index contributed by atoms with van der Waals surface area (Å²) < 4.78 is 0. The Morgan fingerprint density at radius 3 is 2.86 bits per heavy atom. The first-order valence-electron chi connectivity index (χ1n) is 3.92. The van der Waals surface area contributed by atoms with E-state index < -0.39 is 5.97 Å². The van der Waals surface area contributed by atoms with Crippen LogP contribution in [0.4, 0.5) is 5.69 Å². The Kier molecular flexibility index (Phi) is 2.97. The van der Waals surface area contributed by atoms with Crippen molar-refractivity contribution in [2.24, 2.45) is 4.99 Å². The zero-order valence-corrected chi connectivity index (χ0v) is 7.56. The van der Waals surface area contributed by atoms with Gasteiger partial charge in [0.25, 0.3) is 0 Å². The van der Waals surface area contributed by atoms with Crippen molar-refractivity contribution in [3.05, 3.63) is 29.8 Å². The largest absolute Gasteiger partial charge is 0.478 e. The summed E-state index contributed by atoms with van der Waals surface area (Å²) in [5, 5.41) is 17.2. The van der Waals surface area contributed by atoms with Crippen molar-refractivity contribution in [1.82, 2.24) is 0 Å². The topological polar surface area (TPSA) is 73.5 Å². The summed E-state index contributed by atoms with van der Waals surface area (Å²) in [7, 11) is 0. The van der Waals surface area contributed by atoms with E-state index in [0.717, 1.165) is 0 Å². The van der Waals surface area contributed by atoms with Gasteiger partial charge in [0, 0.05) is 0 Å². The molecule has 0 bridgehead atoms. The molecule has 1 N–H and O–H groups in total. The number of carboxylic acid groups (broad SMARTS) is 1. The molecule has 70 valence electrons. The van der Waals surface area contributed by atoms with Crippen molar-refractivity contribution in [1.29, 1.82) is 5.26 Å². The molecular weight excluding hydrogens is 180 g/mol. The molecule has 4 nitrogen and oxygen atoms in total. The quantitative estimate of drug-likeness (QED) is 0.721. The van der Waals surface area contributed by atoms with Gasteiger partial charge in [-0.3, -0.25) is 0 Å². The highest BCUT2D eigenvalue weighted by molar-refractivity contribution is 5.98. The van der Waals surface area contributed by atoms with Crippen molar-refractivity contribution in [3.8, 4) is 6.07 Å². The van der Waals surface area contributed by atoms with Gasteiger partial charge in [0.2, 0.25) is 0 Å². The smallest absolute Gasteiger partial charge is 0.335 e. The first-order chi connectivity index (χ1) is 6.63. The van der Waals surface area contributed by atoms with E-state index in [9.17, 15) is 4.79 Å². The molecule has 0 aliphatic heterocycles. The summed E-state index contributed by atoms with van der Waals surface area (Å²) in [6.07, 6.45) is 0.